The molecule has 0 aliphatic rings. The molecule has 0 N–H and O–H groups in total. The zero-order chi connectivity index (χ0) is 13.1. The third kappa shape index (κ3) is 3.20. The lowest BCUT2D eigenvalue weighted by atomic mass is 10.3. The summed E-state index contributed by atoms with van der Waals surface area (Å²) in [6.07, 6.45) is 0. The molecule has 1 aromatic heterocycles. The molecule has 0 radical (unpaired) electrons. The maximum atomic E-state index is 5.72. The first-order valence-electron chi connectivity index (χ1n) is 5.51. The number of nitrogens with zero attached hydrogens (tertiary/aromatic N) is 3. The van der Waals surface area contributed by atoms with Gasteiger partial charge >= 0.3 is 0 Å². The molecule has 0 fully saturated rings. The highest BCUT2D eigenvalue weighted by Crippen LogP contribution is 2.25. The summed E-state index contributed by atoms with van der Waals surface area (Å²) in [5.74, 6) is 1.96. The number of ether oxygens (including phenoxy) is 1. The molecule has 0 bridgehead atoms. The van der Waals surface area contributed by atoms with E-state index in [-0.39, 0.29) is 0 Å². The lowest BCUT2D eigenvalue weighted by molar-refractivity contribution is 0.459. The van der Waals surface area contributed by atoms with Crippen LogP contribution in [0.4, 0.5) is 5.69 Å². The van der Waals surface area contributed by atoms with E-state index < -0.39 is 0 Å². The normalized spacial score (nSPS) is 10.2. The van der Waals surface area contributed by atoms with Gasteiger partial charge in [-0.15, -0.1) is 0 Å². The van der Waals surface area contributed by atoms with Gasteiger partial charge in [0.25, 0.3) is 0 Å². The molecule has 0 amide bonds. The standard InChI is InChI=1S/C13H14BrN3O/c1-9-15-12(14)8-13(16-9)18-11-6-4-5-10(7-11)17(2)3/h4-8H,1-3H3. The number of aryl methyl sites for hydroxylation is 1. The molecule has 1 aromatic carbocycles. The van der Waals surface area contributed by atoms with Crippen LogP contribution in [-0.2, 0) is 0 Å². The van der Waals surface area contributed by atoms with Gasteiger partial charge in [0.05, 0.1) is 0 Å². The highest BCUT2D eigenvalue weighted by molar-refractivity contribution is 9.10. The molecule has 0 atom stereocenters. The maximum Gasteiger partial charge on any atom is 0.223 e. The molecular weight excluding hydrogens is 294 g/mol. The molecule has 94 valence electrons. The second-order valence-electron chi connectivity index (χ2n) is 4.07. The summed E-state index contributed by atoms with van der Waals surface area (Å²) >= 11 is 3.32. The van der Waals surface area contributed by atoms with E-state index in [9.17, 15) is 0 Å². The second-order valence-corrected chi connectivity index (χ2v) is 4.88. The van der Waals surface area contributed by atoms with E-state index in [2.05, 4.69) is 25.9 Å². The number of halogens is 1. The molecule has 2 aromatic rings. The first kappa shape index (κ1) is 12.8. The molecule has 4 nitrogen and oxygen atoms in total. The summed E-state index contributed by atoms with van der Waals surface area (Å²) in [7, 11) is 3.98. The number of anilines is 1. The first-order valence-corrected chi connectivity index (χ1v) is 6.30. The number of aromatic nitrogens is 2. The topological polar surface area (TPSA) is 38.2 Å². The third-order valence-electron chi connectivity index (χ3n) is 2.34. The van der Waals surface area contributed by atoms with E-state index in [1.807, 2.05) is 50.2 Å². The van der Waals surface area contributed by atoms with E-state index in [4.69, 9.17) is 4.74 Å². The third-order valence-corrected chi connectivity index (χ3v) is 2.75. The lowest BCUT2D eigenvalue weighted by Gasteiger charge is -2.13. The highest BCUT2D eigenvalue weighted by atomic mass is 79.9. The van der Waals surface area contributed by atoms with Crippen LogP contribution < -0.4 is 9.64 Å². The average Bonchev–Trinajstić information content (AvgIpc) is 2.27. The summed E-state index contributed by atoms with van der Waals surface area (Å²) in [5.41, 5.74) is 1.08. The summed E-state index contributed by atoms with van der Waals surface area (Å²) in [6.45, 7) is 1.83. The number of hydrogen-bond acceptors (Lipinski definition) is 4. The van der Waals surface area contributed by atoms with Crippen LogP contribution in [0.3, 0.4) is 0 Å². The minimum Gasteiger partial charge on any atom is -0.439 e. The van der Waals surface area contributed by atoms with Crippen LogP contribution in [0.5, 0.6) is 11.6 Å². The van der Waals surface area contributed by atoms with Crippen molar-refractivity contribution in [3.05, 3.63) is 40.8 Å². The van der Waals surface area contributed by atoms with Crippen molar-refractivity contribution in [3.8, 4) is 11.6 Å². The molecular formula is C13H14BrN3O. The highest BCUT2D eigenvalue weighted by Gasteiger charge is 2.04. The second kappa shape index (κ2) is 5.35. The Morgan fingerprint density at radius 1 is 1.17 bits per heavy atom. The van der Waals surface area contributed by atoms with Crippen molar-refractivity contribution in [1.29, 1.82) is 0 Å². The fourth-order valence-electron chi connectivity index (χ4n) is 1.50. The van der Waals surface area contributed by atoms with Crippen LogP contribution in [0.1, 0.15) is 5.82 Å². The fourth-order valence-corrected chi connectivity index (χ4v) is 1.96. The van der Waals surface area contributed by atoms with Crippen molar-refractivity contribution in [2.24, 2.45) is 0 Å². The van der Waals surface area contributed by atoms with Crippen molar-refractivity contribution in [1.82, 2.24) is 9.97 Å². The molecule has 5 heteroatoms. The van der Waals surface area contributed by atoms with E-state index in [0.29, 0.717) is 16.3 Å². The zero-order valence-electron chi connectivity index (χ0n) is 10.5. The van der Waals surface area contributed by atoms with Gasteiger partial charge < -0.3 is 9.64 Å². The Balaban J connectivity index is 2.25. The van der Waals surface area contributed by atoms with Gasteiger partial charge in [-0.25, -0.2) is 4.98 Å². The maximum absolute atomic E-state index is 5.72. The van der Waals surface area contributed by atoms with Gasteiger partial charge in [0.2, 0.25) is 5.88 Å². The smallest absolute Gasteiger partial charge is 0.223 e. The Bertz CT molecular complexity index is 537. The van der Waals surface area contributed by atoms with E-state index >= 15 is 0 Å². The minimum absolute atomic E-state index is 0.533. The van der Waals surface area contributed by atoms with Crippen LogP contribution in [-0.4, -0.2) is 24.1 Å². The Morgan fingerprint density at radius 3 is 2.61 bits per heavy atom. The quantitative estimate of drug-likeness (QED) is 0.815. The van der Waals surface area contributed by atoms with Crippen molar-refractivity contribution in [2.45, 2.75) is 6.92 Å². The SMILES string of the molecule is Cc1nc(Br)cc(Oc2cccc(N(C)C)c2)n1. The minimum atomic E-state index is 0.533. The monoisotopic (exact) mass is 307 g/mol. The van der Waals surface area contributed by atoms with Gasteiger partial charge in [0.15, 0.2) is 0 Å². The largest absolute Gasteiger partial charge is 0.439 e. The van der Waals surface area contributed by atoms with Crippen LogP contribution in [0.25, 0.3) is 0 Å². The molecule has 0 saturated heterocycles. The van der Waals surface area contributed by atoms with Gasteiger partial charge in [0, 0.05) is 31.9 Å². The molecule has 0 aliphatic carbocycles. The van der Waals surface area contributed by atoms with Gasteiger partial charge in [-0.2, -0.15) is 4.98 Å². The summed E-state index contributed by atoms with van der Waals surface area (Å²) in [6, 6.07) is 9.58. The van der Waals surface area contributed by atoms with Crippen molar-refractivity contribution in [2.75, 3.05) is 19.0 Å². The molecule has 2 rings (SSSR count). The van der Waals surface area contributed by atoms with Crippen molar-refractivity contribution >= 4 is 21.6 Å². The number of hydrogen-bond donors (Lipinski definition) is 0. The molecule has 18 heavy (non-hydrogen) atoms. The predicted molar refractivity (Wildman–Crippen MR) is 75.3 cm³/mol. The van der Waals surface area contributed by atoms with E-state index in [1.165, 1.54) is 0 Å². The summed E-state index contributed by atoms with van der Waals surface area (Å²) in [4.78, 5) is 10.4. The molecule has 0 aliphatic heterocycles. The Labute approximate surface area is 115 Å². The average molecular weight is 308 g/mol. The van der Waals surface area contributed by atoms with Crippen LogP contribution in [0, 0.1) is 6.92 Å². The number of rotatable bonds is 3. The van der Waals surface area contributed by atoms with Crippen LogP contribution in [0.2, 0.25) is 0 Å². The van der Waals surface area contributed by atoms with Crippen molar-refractivity contribution < 1.29 is 4.74 Å². The van der Waals surface area contributed by atoms with E-state index in [1.54, 1.807) is 6.07 Å². The fraction of sp³-hybridized carbons (Fsp3) is 0.231. The van der Waals surface area contributed by atoms with Crippen LogP contribution in [0.15, 0.2) is 34.9 Å². The first-order chi connectivity index (χ1) is 8.54. The summed E-state index contributed by atoms with van der Waals surface area (Å²) in [5, 5.41) is 0. The Hall–Kier alpha value is -1.62. The molecule has 0 saturated carbocycles. The lowest BCUT2D eigenvalue weighted by Crippen LogP contribution is -2.08. The Kier molecular flexibility index (Phi) is 3.81. The van der Waals surface area contributed by atoms with Crippen LogP contribution >= 0.6 is 15.9 Å². The summed E-state index contributed by atoms with van der Waals surface area (Å²) < 4.78 is 6.44. The predicted octanol–water partition coefficient (Wildman–Crippen LogP) is 3.41. The van der Waals surface area contributed by atoms with Gasteiger partial charge in [0.1, 0.15) is 16.2 Å². The van der Waals surface area contributed by atoms with Crippen molar-refractivity contribution in [3.63, 3.8) is 0 Å². The van der Waals surface area contributed by atoms with Gasteiger partial charge in [-0.3, -0.25) is 0 Å². The zero-order valence-corrected chi connectivity index (χ0v) is 12.1. The molecule has 0 unspecified atom stereocenters. The van der Waals surface area contributed by atoms with Gasteiger partial charge in [-0.05, 0) is 35.0 Å². The molecule has 0 spiro atoms. The Morgan fingerprint density at radius 2 is 1.94 bits per heavy atom. The molecule has 1 heterocycles. The van der Waals surface area contributed by atoms with Gasteiger partial charge in [-0.1, -0.05) is 6.07 Å². The van der Waals surface area contributed by atoms with E-state index in [0.717, 1.165) is 11.4 Å². The number of benzene rings is 1.